The van der Waals surface area contributed by atoms with Crippen LogP contribution in [0.4, 0.5) is 0 Å². The van der Waals surface area contributed by atoms with Crippen LogP contribution >= 0.6 is 27.5 Å². The first-order chi connectivity index (χ1) is 11.7. The lowest BCUT2D eigenvalue weighted by molar-refractivity contribution is 0.150. The molecule has 128 valence electrons. The van der Waals surface area contributed by atoms with Gasteiger partial charge in [-0.1, -0.05) is 27.5 Å². The maximum atomic E-state index is 5.91. The number of hydrogen-bond donors (Lipinski definition) is 1. The van der Waals surface area contributed by atoms with Crippen LogP contribution in [0.2, 0.25) is 5.02 Å². The van der Waals surface area contributed by atoms with Crippen molar-refractivity contribution in [2.45, 2.75) is 6.42 Å². The van der Waals surface area contributed by atoms with E-state index in [0.717, 1.165) is 47.1 Å². The van der Waals surface area contributed by atoms with Gasteiger partial charge in [-0.3, -0.25) is 0 Å². The summed E-state index contributed by atoms with van der Waals surface area (Å²) in [6, 6.07) is 15.5. The summed E-state index contributed by atoms with van der Waals surface area (Å²) in [5.74, 6) is 2.78. The van der Waals surface area contributed by atoms with Crippen LogP contribution in [-0.4, -0.2) is 26.3 Å². The summed E-state index contributed by atoms with van der Waals surface area (Å²) in [6.45, 7) is 3.42. The standard InChI is InChI=1S/C19H21BrClNO2/c20-16-1-5-18(6-2-16)23-12-14-9-15(11-22-10-14)13-24-19-7-3-17(21)4-8-19/h1-8,14-15,22H,9-13H2/t14-,15+/m0/s1. The third-order valence-corrected chi connectivity index (χ3v) is 4.91. The van der Waals surface area contributed by atoms with E-state index < -0.39 is 0 Å². The molecule has 0 aliphatic carbocycles. The lowest BCUT2D eigenvalue weighted by Crippen LogP contribution is -2.40. The molecule has 0 unspecified atom stereocenters. The van der Waals surface area contributed by atoms with E-state index in [4.69, 9.17) is 21.1 Å². The third kappa shape index (κ3) is 5.40. The molecule has 5 heteroatoms. The monoisotopic (exact) mass is 409 g/mol. The molecule has 2 aromatic carbocycles. The van der Waals surface area contributed by atoms with E-state index in [1.165, 1.54) is 0 Å². The fourth-order valence-electron chi connectivity index (χ4n) is 2.87. The fourth-order valence-corrected chi connectivity index (χ4v) is 3.26. The van der Waals surface area contributed by atoms with Crippen molar-refractivity contribution in [2.24, 2.45) is 11.8 Å². The van der Waals surface area contributed by atoms with Crippen LogP contribution in [0.15, 0.2) is 53.0 Å². The van der Waals surface area contributed by atoms with Crippen molar-refractivity contribution in [1.29, 1.82) is 0 Å². The van der Waals surface area contributed by atoms with E-state index in [2.05, 4.69) is 21.2 Å². The zero-order chi connectivity index (χ0) is 16.8. The Morgan fingerprint density at radius 1 is 0.875 bits per heavy atom. The Morgan fingerprint density at radius 3 is 1.92 bits per heavy atom. The lowest BCUT2D eigenvalue weighted by atomic mass is 9.91. The van der Waals surface area contributed by atoms with Crippen LogP contribution in [0.1, 0.15) is 6.42 Å². The number of ether oxygens (including phenoxy) is 2. The Labute approximate surface area is 156 Å². The smallest absolute Gasteiger partial charge is 0.119 e. The molecule has 0 radical (unpaired) electrons. The van der Waals surface area contributed by atoms with Gasteiger partial charge in [0, 0.05) is 34.4 Å². The summed E-state index contributed by atoms with van der Waals surface area (Å²) in [5, 5.41) is 4.22. The minimum absolute atomic E-state index is 0.493. The number of rotatable bonds is 6. The molecule has 1 saturated heterocycles. The van der Waals surface area contributed by atoms with Gasteiger partial charge in [-0.2, -0.15) is 0 Å². The third-order valence-electron chi connectivity index (χ3n) is 4.13. The molecular weight excluding hydrogens is 390 g/mol. The summed E-state index contributed by atoms with van der Waals surface area (Å²) in [7, 11) is 0. The van der Waals surface area contributed by atoms with Gasteiger partial charge in [0.05, 0.1) is 13.2 Å². The minimum atomic E-state index is 0.493. The van der Waals surface area contributed by atoms with Gasteiger partial charge < -0.3 is 14.8 Å². The average Bonchev–Trinajstić information content (AvgIpc) is 2.61. The number of halogens is 2. The maximum absolute atomic E-state index is 5.91. The first-order valence-corrected chi connectivity index (χ1v) is 9.33. The topological polar surface area (TPSA) is 30.5 Å². The Balaban J connectivity index is 1.43. The molecule has 0 saturated carbocycles. The quantitative estimate of drug-likeness (QED) is 0.743. The van der Waals surface area contributed by atoms with E-state index in [0.29, 0.717) is 18.4 Å². The van der Waals surface area contributed by atoms with E-state index in [1.807, 2.05) is 48.5 Å². The van der Waals surface area contributed by atoms with E-state index in [9.17, 15) is 0 Å². The normalized spacial score (nSPS) is 20.6. The molecule has 0 bridgehead atoms. The second-order valence-electron chi connectivity index (χ2n) is 6.16. The van der Waals surface area contributed by atoms with Crippen molar-refractivity contribution in [3.05, 3.63) is 58.0 Å². The molecular formula is C19H21BrClNO2. The van der Waals surface area contributed by atoms with Gasteiger partial charge in [0.2, 0.25) is 0 Å². The summed E-state index contributed by atoms with van der Waals surface area (Å²) in [4.78, 5) is 0. The largest absolute Gasteiger partial charge is 0.493 e. The van der Waals surface area contributed by atoms with Gasteiger partial charge in [0.25, 0.3) is 0 Å². The number of piperidine rings is 1. The zero-order valence-corrected chi connectivity index (χ0v) is 15.7. The van der Waals surface area contributed by atoms with Gasteiger partial charge in [0.1, 0.15) is 11.5 Å². The molecule has 1 fully saturated rings. The van der Waals surface area contributed by atoms with Crippen LogP contribution in [0.25, 0.3) is 0 Å². The Hall–Kier alpha value is -1.23. The predicted octanol–water partition coefficient (Wildman–Crippen LogP) is 4.79. The maximum Gasteiger partial charge on any atom is 0.119 e. The van der Waals surface area contributed by atoms with Crippen molar-refractivity contribution in [2.75, 3.05) is 26.3 Å². The summed E-state index contributed by atoms with van der Waals surface area (Å²) < 4.78 is 12.9. The number of nitrogens with one attached hydrogen (secondary N) is 1. The highest BCUT2D eigenvalue weighted by Crippen LogP contribution is 2.22. The lowest BCUT2D eigenvalue weighted by Gasteiger charge is -2.29. The van der Waals surface area contributed by atoms with Gasteiger partial charge in [-0.25, -0.2) is 0 Å². The van der Waals surface area contributed by atoms with Crippen LogP contribution in [0.5, 0.6) is 11.5 Å². The Bertz CT molecular complexity index is 577. The van der Waals surface area contributed by atoms with E-state index in [-0.39, 0.29) is 0 Å². The molecule has 1 heterocycles. The van der Waals surface area contributed by atoms with Crippen LogP contribution in [-0.2, 0) is 0 Å². The highest BCUT2D eigenvalue weighted by Gasteiger charge is 2.22. The Morgan fingerprint density at radius 2 is 1.38 bits per heavy atom. The second kappa shape index (κ2) is 8.75. The predicted molar refractivity (Wildman–Crippen MR) is 101 cm³/mol. The van der Waals surface area contributed by atoms with Crippen molar-refractivity contribution < 1.29 is 9.47 Å². The second-order valence-corrected chi connectivity index (χ2v) is 7.51. The van der Waals surface area contributed by atoms with Gasteiger partial charge in [-0.15, -0.1) is 0 Å². The van der Waals surface area contributed by atoms with E-state index in [1.54, 1.807) is 0 Å². The van der Waals surface area contributed by atoms with Crippen molar-refractivity contribution >= 4 is 27.5 Å². The molecule has 1 aliphatic heterocycles. The molecule has 1 aliphatic rings. The van der Waals surface area contributed by atoms with Crippen molar-refractivity contribution in [3.8, 4) is 11.5 Å². The molecule has 0 aromatic heterocycles. The van der Waals surface area contributed by atoms with Crippen molar-refractivity contribution in [1.82, 2.24) is 5.32 Å². The fraction of sp³-hybridized carbons (Fsp3) is 0.368. The average molecular weight is 411 g/mol. The van der Waals surface area contributed by atoms with Crippen LogP contribution in [0.3, 0.4) is 0 Å². The SMILES string of the molecule is Clc1ccc(OC[C@H]2CNC[C@@H](COc3ccc(Br)cc3)C2)cc1. The van der Waals surface area contributed by atoms with E-state index >= 15 is 0 Å². The zero-order valence-electron chi connectivity index (χ0n) is 13.4. The first-order valence-electron chi connectivity index (χ1n) is 8.16. The Kier molecular flexibility index (Phi) is 6.41. The van der Waals surface area contributed by atoms with Gasteiger partial charge in [-0.05, 0) is 55.0 Å². The molecule has 24 heavy (non-hydrogen) atoms. The first kappa shape index (κ1) is 17.6. The summed E-state index contributed by atoms with van der Waals surface area (Å²) in [6.07, 6.45) is 1.11. The molecule has 0 amide bonds. The molecule has 2 atom stereocenters. The number of benzene rings is 2. The molecule has 3 rings (SSSR count). The van der Waals surface area contributed by atoms with Crippen LogP contribution in [0, 0.1) is 11.8 Å². The summed E-state index contributed by atoms with van der Waals surface area (Å²) >= 11 is 9.33. The molecule has 3 nitrogen and oxygen atoms in total. The van der Waals surface area contributed by atoms with Gasteiger partial charge in [0.15, 0.2) is 0 Å². The highest BCUT2D eigenvalue weighted by atomic mass is 79.9. The molecule has 0 spiro atoms. The van der Waals surface area contributed by atoms with Crippen LogP contribution < -0.4 is 14.8 Å². The summed E-state index contributed by atoms with van der Waals surface area (Å²) in [5.41, 5.74) is 0. The van der Waals surface area contributed by atoms with Gasteiger partial charge >= 0.3 is 0 Å². The highest BCUT2D eigenvalue weighted by molar-refractivity contribution is 9.10. The minimum Gasteiger partial charge on any atom is -0.493 e. The number of hydrogen-bond acceptors (Lipinski definition) is 3. The molecule has 1 N–H and O–H groups in total. The molecule has 2 aromatic rings. The van der Waals surface area contributed by atoms with Crippen molar-refractivity contribution in [3.63, 3.8) is 0 Å².